The molecular weight excluding hydrogens is 408 g/mol. The van der Waals surface area contributed by atoms with Gasteiger partial charge in [-0.1, -0.05) is 15.9 Å². The van der Waals surface area contributed by atoms with Gasteiger partial charge in [0.05, 0.1) is 4.87 Å². The zero-order valence-corrected chi connectivity index (χ0v) is 16.4. The Balaban J connectivity index is 1.54. The molecule has 8 heteroatoms. The van der Waals surface area contributed by atoms with Crippen LogP contribution in [0.1, 0.15) is 25.3 Å². The number of carbonyl (C=O) groups is 3. The van der Waals surface area contributed by atoms with Crippen molar-refractivity contribution in [2.75, 3.05) is 17.7 Å². The predicted molar refractivity (Wildman–Crippen MR) is 99.2 cm³/mol. The number of nitrogens with one attached hydrogen (secondary N) is 1. The summed E-state index contributed by atoms with van der Waals surface area (Å²) in [5.74, 6) is -0.441. The molecule has 0 bridgehead atoms. The summed E-state index contributed by atoms with van der Waals surface area (Å²) < 4.78 is 6.10. The molecule has 0 radical (unpaired) electrons. The van der Waals surface area contributed by atoms with E-state index in [-0.39, 0.29) is 17.4 Å². The van der Waals surface area contributed by atoms with Gasteiger partial charge in [0.2, 0.25) is 5.91 Å². The quantitative estimate of drug-likeness (QED) is 0.748. The van der Waals surface area contributed by atoms with Gasteiger partial charge in [0.25, 0.3) is 5.91 Å². The third-order valence-corrected chi connectivity index (χ3v) is 6.90. The van der Waals surface area contributed by atoms with E-state index in [9.17, 15) is 14.4 Å². The number of nitrogens with zero attached hydrogens (tertiary/aromatic N) is 1. The molecule has 2 aliphatic rings. The van der Waals surface area contributed by atoms with Crippen LogP contribution in [0.3, 0.4) is 0 Å². The molecule has 2 aliphatic heterocycles. The summed E-state index contributed by atoms with van der Waals surface area (Å²) >= 11 is 4.99. The van der Waals surface area contributed by atoms with E-state index in [1.165, 1.54) is 0 Å². The Hall–Kier alpha value is -1.54. The van der Waals surface area contributed by atoms with Crippen LogP contribution in [0.15, 0.2) is 22.7 Å². The number of aryl methyl sites for hydroxylation is 1. The van der Waals surface area contributed by atoms with Crippen molar-refractivity contribution in [3.8, 4) is 0 Å². The average molecular weight is 427 g/mol. The highest BCUT2D eigenvalue weighted by Crippen LogP contribution is 2.47. The molecule has 2 atom stereocenters. The van der Waals surface area contributed by atoms with Gasteiger partial charge < -0.3 is 15.0 Å². The van der Waals surface area contributed by atoms with Crippen molar-refractivity contribution in [3.05, 3.63) is 28.2 Å². The Kier molecular flexibility index (Phi) is 5.11. The second-order valence-electron chi connectivity index (χ2n) is 6.39. The highest BCUT2D eigenvalue weighted by molar-refractivity contribution is 9.10. The van der Waals surface area contributed by atoms with E-state index in [1.807, 2.05) is 26.0 Å². The number of anilines is 1. The number of carbonyl (C=O) groups excluding carboxylic acids is 3. The molecule has 0 aromatic heterocycles. The maximum atomic E-state index is 12.3. The molecule has 2 amide bonds. The van der Waals surface area contributed by atoms with Crippen LogP contribution in [0.25, 0.3) is 0 Å². The molecule has 2 heterocycles. The van der Waals surface area contributed by atoms with Crippen LogP contribution in [-0.4, -0.2) is 46.0 Å². The minimum absolute atomic E-state index is 0.0239. The Morgan fingerprint density at radius 3 is 2.96 bits per heavy atom. The summed E-state index contributed by atoms with van der Waals surface area (Å²) in [6, 6.07) is 4.82. The first-order valence-corrected chi connectivity index (χ1v) is 9.77. The van der Waals surface area contributed by atoms with Crippen molar-refractivity contribution in [2.24, 2.45) is 0 Å². The van der Waals surface area contributed by atoms with E-state index in [1.54, 1.807) is 22.7 Å². The number of ether oxygens (including phenoxy) is 1. The number of benzene rings is 1. The second-order valence-corrected chi connectivity index (χ2v) is 8.74. The minimum atomic E-state index is -0.604. The first-order chi connectivity index (χ1) is 11.8. The van der Waals surface area contributed by atoms with Gasteiger partial charge in [-0.25, -0.2) is 4.79 Å². The number of esters is 1. The fourth-order valence-electron chi connectivity index (χ4n) is 3.15. The van der Waals surface area contributed by atoms with Crippen LogP contribution in [0, 0.1) is 6.92 Å². The standard InChI is InChI=1S/C17H19BrN2O4S/c1-10-7-11(3-4-12(10)18)19-14(21)8-24-16(23)13-9-25-17(2)6-5-15(22)20(13)17/h3-4,7,13H,5-6,8-9H2,1-2H3,(H,19,21)/t13-,17+/m1/s1. The highest BCUT2D eigenvalue weighted by atomic mass is 79.9. The number of hydrogen-bond donors (Lipinski definition) is 1. The van der Waals surface area contributed by atoms with Crippen LogP contribution < -0.4 is 5.32 Å². The number of rotatable bonds is 4. The third kappa shape index (κ3) is 3.69. The molecule has 2 saturated heterocycles. The van der Waals surface area contributed by atoms with Crippen LogP contribution in [-0.2, 0) is 19.1 Å². The molecule has 6 nitrogen and oxygen atoms in total. The lowest BCUT2D eigenvalue weighted by molar-refractivity contribution is -0.155. The summed E-state index contributed by atoms with van der Waals surface area (Å²) in [4.78, 5) is 37.6. The number of hydrogen-bond acceptors (Lipinski definition) is 5. The smallest absolute Gasteiger partial charge is 0.330 e. The molecule has 0 unspecified atom stereocenters. The maximum absolute atomic E-state index is 12.3. The second kappa shape index (κ2) is 6.99. The van der Waals surface area contributed by atoms with Crippen molar-refractivity contribution in [1.29, 1.82) is 0 Å². The first-order valence-electron chi connectivity index (χ1n) is 7.99. The number of thioether (sulfide) groups is 1. The van der Waals surface area contributed by atoms with Crippen molar-refractivity contribution >= 4 is 51.2 Å². The van der Waals surface area contributed by atoms with Crippen LogP contribution in [0.2, 0.25) is 0 Å². The SMILES string of the molecule is Cc1cc(NC(=O)COC(=O)[C@H]2CS[C@@]3(C)CCC(=O)N23)ccc1Br. The lowest BCUT2D eigenvalue weighted by atomic mass is 10.2. The topological polar surface area (TPSA) is 75.7 Å². The minimum Gasteiger partial charge on any atom is -0.454 e. The van der Waals surface area contributed by atoms with Crippen molar-refractivity contribution in [3.63, 3.8) is 0 Å². The molecular formula is C17H19BrN2O4S. The summed E-state index contributed by atoms with van der Waals surface area (Å²) in [5, 5.41) is 2.70. The van der Waals surface area contributed by atoms with Gasteiger partial charge in [-0.3, -0.25) is 9.59 Å². The van der Waals surface area contributed by atoms with Gasteiger partial charge in [0.1, 0.15) is 6.04 Å². The summed E-state index contributed by atoms with van der Waals surface area (Å²) in [5.41, 5.74) is 1.63. The molecule has 25 heavy (non-hydrogen) atoms. The lowest BCUT2D eigenvalue weighted by Gasteiger charge is -2.29. The zero-order chi connectivity index (χ0) is 18.2. The van der Waals surface area contributed by atoms with Gasteiger partial charge in [0.15, 0.2) is 6.61 Å². The Morgan fingerprint density at radius 1 is 1.48 bits per heavy atom. The fraction of sp³-hybridized carbons (Fsp3) is 0.471. The predicted octanol–water partition coefficient (Wildman–Crippen LogP) is 2.69. The lowest BCUT2D eigenvalue weighted by Crippen LogP contribution is -2.47. The van der Waals surface area contributed by atoms with Gasteiger partial charge in [-0.05, 0) is 44.0 Å². The maximum Gasteiger partial charge on any atom is 0.330 e. The zero-order valence-electron chi connectivity index (χ0n) is 14.0. The summed E-state index contributed by atoms with van der Waals surface area (Å²) in [7, 11) is 0. The van der Waals surface area contributed by atoms with E-state index < -0.39 is 17.9 Å². The normalized spacial score (nSPS) is 25.0. The molecule has 0 saturated carbocycles. The van der Waals surface area contributed by atoms with Gasteiger partial charge in [-0.15, -0.1) is 11.8 Å². The number of fused-ring (bicyclic) bond motifs is 1. The molecule has 1 aromatic carbocycles. The van der Waals surface area contributed by atoms with Gasteiger partial charge >= 0.3 is 5.97 Å². The van der Waals surface area contributed by atoms with Gasteiger partial charge in [0, 0.05) is 22.3 Å². The van der Waals surface area contributed by atoms with E-state index in [2.05, 4.69) is 21.2 Å². The van der Waals surface area contributed by atoms with Crippen molar-refractivity contribution in [1.82, 2.24) is 4.90 Å². The summed E-state index contributed by atoms with van der Waals surface area (Å²) in [6.45, 7) is 3.52. The Labute approximate surface area is 158 Å². The molecule has 134 valence electrons. The fourth-order valence-corrected chi connectivity index (χ4v) is 4.81. The van der Waals surface area contributed by atoms with Gasteiger partial charge in [-0.2, -0.15) is 0 Å². The number of halogens is 1. The molecule has 2 fully saturated rings. The third-order valence-electron chi connectivity index (χ3n) is 4.50. The molecule has 1 aromatic rings. The van der Waals surface area contributed by atoms with Crippen LogP contribution in [0.4, 0.5) is 5.69 Å². The number of amides is 2. The largest absolute Gasteiger partial charge is 0.454 e. The Bertz CT molecular complexity index is 741. The van der Waals surface area contributed by atoms with E-state index in [0.717, 1.165) is 16.5 Å². The summed E-state index contributed by atoms with van der Waals surface area (Å²) in [6.07, 6.45) is 1.19. The highest BCUT2D eigenvalue weighted by Gasteiger charge is 2.53. The van der Waals surface area contributed by atoms with Crippen molar-refractivity contribution < 1.29 is 19.1 Å². The molecule has 1 N–H and O–H groups in total. The van der Waals surface area contributed by atoms with E-state index in [0.29, 0.717) is 17.9 Å². The first kappa shape index (κ1) is 18.3. The molecule has 0 aliphatic carbocycles. The monoisotopic (exact) mass is 426 g/mol. The van der Waals surface area contributed by atoms with Crippen LogP contribution >= 0.6 is 27.7 Å². The van der Waals surface area contributed by atoms with E-state index >= 15 is 0 Å². The van der Waals surface area contributed by atoms with Crippen molar-refractivity contribution in [2.45, 2.75) is 37.6 Å². The van der Waals surface area contributed by atoms with E-state index in [4.69, 9.17) is 4.74 Å². The van der Waals surface area contributed by atoms with Crippen LogP contribution in [0.5, 0.6) is 0 Å². The molecule has 3 rings (SSSR count). The average Bonchev–Trinajstić information content (AvgIpc) is 3.05. The Morgan fingerprint density at radius 2 is 2.24 bits per heavy atom. The molecule has 0 spiro atoms.